The van der Waals surface area contributed by atoms with Crippen molar-refractivity contribution in [3.8, 4) is 0 Å². The highest BCUT2D eigenvalue weighted by Gasteiger charge is 2.19. The zero-order chi connectivity index (χ0) is 10.4. The highest BCUT2D eigenvalue weighted by Crippen LogP contribution is 1.92. The molecule has 0 aromatic heterocycles. The molecule has 13 heavy (non-hydrogen) atoms. The van der Waals surface area contributed by atoms with Crippen LogP contribution in [0.4, 0.5) is 4.79 Å². The summed E-state index contributed by atoms with van der Waals surface area (Å²) in [6, 6.07) is -0.522. The Bertz CT molecular complexity index is 224. The molecule has 7 nitrogen and oxygen atoms in total. The number of carboxylic acids is 1. The molecule has 0 aliphatic carbocycles. The maximum absolute atomic E-state index is 10.5. The van der Waals surface area contributed by atoms with E-state index in [0.717, 1.165) is 11.9 Å². The molecule has 4 N–H and O–H groups in total. The molecule has 1 aliphatic rings. The molecule has 7 heteroatoms. The van der Waals surface area contributed by atoms with Crippen LogP contribution < -0.4 is 11.2 Å². The topological polar surface area (TPSA) is 113 Å². The molecule has 0 radical (unpaired) electrons. The van der Waals surface area contributed by atoms with Gasteiger partial charge in [0.25, 0.3) is 5.97 Å². The van der Waals surface area contributed by atoms with Gasteiger partial charge in [-0.15, -0.1) is 0 Å². The molecule has 1 fully saturated rings. The number of carbonyl (C=O) groups is 3. The highest BCUT2D eigenvalue weighted by molar-refractivity contribution is 5.96. The second kappa shape index (κ2) is 5.09. The van der Waals surface area contributed by atoms with Crippen molar-refractivity contribution in [2.24, 2.45) is 5.84 Å². The predicted octanol–water partition coefficient (Wildman–Crippen LogP) is -1.11. The van der Waals surface area contributed by atoms with Gasteiger partial charge in [0, 0.05) is 19.9 Å². The van der Waals surface area contributed by atoms with E-state index >= 15 is 0 Å². The third-order valence-corrected chi connectivity index (χ3v) is 1.09. The molecule has 3 amide bonds. The molecule has 74 valence electrons. The largest absolute Gasteiger partial charge is 0.481 e. The van der Waals surface area contributed by atoms with E-state index in [2.05, 4.69) is 5.32 Å². The Balaban J connectivity index is 0.000000310. The summed E-state index contributed by atoms with van der Waals surface area (Å²) in [6.45, 7) is 1.39. The molecule has 0 aromatic rings. The van der Waals surface area contributed by atoms with Gasteiger partial charge in [-0.25, -0.2) is 10.6 Å². The van der Waals surface area contributed by atoms with Gasteiger partial charge in [0.1, 0.15) is 0 Å². The molecular formula is C6H11N3O4. The standard InChI is InChI=1S/C4H7N3O2.C2H4O2/c5-7-2-1-3(8)6-4(7)9;1-2(3)4/h1-2,5H2,(H,6,8,9);1H3,(H,3,4). The molecule has 0 aromatic carbocycles. The first-order valence-corrected chi connectivity index (χ1v) is 3.49. The Labute approximate surface area is 74.5 Å². The van der Waals surface area contributed by atoms with Crippen LogP contribution in [0.25, 0.3) is 0 Å². The van der Waals surface area contributed by atoms with Gasteiger partial charge in [-0.3, -0.25) is 19.9 Å². The lowest BCUT2D eigenvalue weighted by Gasteiger charge is -2.20. The number of nitrogens with one attached hydrogen (secondary N) is 1. The van der Waals surface area contributed by atoms with Crippen molar-refractivity contribution < 1.29 is 19.5 Å². The Kier molecular flexibility index (Phi) is 4.45. The number of nitrogens with zero attached hydrogens (tertiary/aromatic N) is 1. The van der Waals surface area contributed by atoms with Crippen LogP contribution in [0.3, 0.4) is 0 Å². The molecular weight excluding hydrogens is 178 g/mol. The summed E-state index contributed by atoms with van der Waals surface area (Å²) in [5, 5.41) is 10.4. The number of rotatable bonds is 0. The number of carboxylic acid groups (broad SMARTS) is 1. The van der Waals surface area contributed by atoms with Crippen molar-refractivity contribution in [2.75, 3.05) is 6.54 Å². The molecule has 1 rings (SSSR count). The average molecular weight is 189 g/mol. The molecule has 1 saturated heterocycles. The van der Waals surface area contributed by atoms with Gasteiger partial charge in [0.15, 0.2) is 0 Å². The molecule has 0 spiro atoms. The third-order valence-electron chi connectivity index (χ3n) is 1.09. The van der Waals surface area contributed by atoms with Gasteiger partial charge >= 0.3 is 6.03 Å². The van der Waals surface area contributed by atoms with Crippen LogP contribution in [0.5, 0.6) is 0 Å². The van der Waals surface area contributed by atoms with Crippen LogP contribution >= 0.6 is 0 Å². The highest BCUT2D eigenvalue weighted by atomic mass is 16.4. The minimum atomic E-state index is -0.833. The number of imide groups is 1. The lowest BCUT2D eigenvalue weighted by Crippen LogP contribution is -2.52. The van der Waals surface area contributed by atoms with Gasteiger partial charge in [-0.05, 0) is 0 Å². The summed E-state index contributed by atoms with van der Waals surface area (Å²) >= 11 is 0. The third kappa shape index (κ3) is 5.62. The van der Waals surface area contributed by atoms with Gasteiger partial charge < -0.3 is 5.11 Å². The second-order valence-corrected chi connectivity index (χ2v) is 2.32. The van der Waals surface area contributed by atoms with Crippen LogP contribution in [0.15, 0.2) is 0 Å². The van der Waals surface area contributed by atoms with E-state index in [1.54, 1.807) is 0 Å². The number of carbonyl (C=O) groups excluding carboxylic acids is 2. The quantitative estimate of drug-likeness (QED) is 0.330. The first-order valence-electron chi connectivity index (χ1n) is 3.49. The maximum atomic E-state index is 10.5. The molecule has 0 atom stereocenters. The molecule has 0 bridgehead atoms. The Morgan fingerprint density at radius 1 is 1.62 bits per heavy atom. The fraction of sp³-hybridized carbons (Fsp3) is 0.500. The van der Waals surface area contributed by atoms with Crippen LogP contribution in [-0.4, -0.2) is 34.6 Å². The van der Waals surface area contributed by atoms with Crippen molar-refractivity contribution in [1.29, 1.82) is 0 Å². The minimum absolute atomic E-state index is 0.262. The number of hydrogen-bond donors (Lipinski definition) is 3. The zero-order valence-corrected chi connectivity index (χ0v) is 7.11. The van der Waals surface area contributed by atoms with Crippen LogP contribution in [-0.2, 0) is 9.59 Å². The summed E-state index contributed by atoms with van der Waals surface area (Å²) in [7, 11) is 0. The zero-order valence-electron chi connectivity index (χ0n) is 7.11. The lowest BCUT2D eigenvalue weighted by molar-refractivity contribution is -0.134. The fourth-order valence-corrected chi connectivity index (χ4v) is 0.577. The Hall–Kier alpha value is -1.63. The SMILES string of the molecule is CC(=O)O.NN1CCC(=O)NC1=O. The molecule has 0 unspecified atom stereocenters. The maximum Gasteiger partial charge on any atom is 0.338 e. The Morgan fingerprint density at radius 2 is 2.08 bits per heavy atom. The van der Waals surface area contributed by atoms with Crippen LogP contribution in [0.2, 0.25) is 0 Å². The predicted molar refractivity (Wildman–Crippen MR) is 42.4 cm³/mol. The van der Waals surface area contributed by atoms with Gasteiger partial charge in [0.05, 0.1) is 0 Å². The van der Waals surface area contributed by atoms with E-state index in [1.165, 1.54) is 0 Å². The van der Waals surface area contributed by atoms with Crippen molar-refractivity contribution in [3.63, 3.8) is 0 Å². The monoisotopic (exact) mass is 189 g/mol. The van der Waals surface area contributed by atoms with E-state index in [1.807, 2.05) is 0 Å². The number of hydrazine groups is 1. The number of urea groups is 1. The minimum Gasteiger partial charge on any atom is -0.481 e. The average Bonchev–Trinajstić information content (AvgIpc) is 1.96. The molecule has 1 aliphatic heterocycles. The van der Waals surface area contributed by atoms with E-state index in [-0.39, 0.29) is 5.91 Å². The van der Waals surface area contributed by atoms with Gasteiger partial charge in [-0.1, -0.05) is 0 Å². The van der Waals surface area contributed by atoms with Crippen molar-refractivity contribution in [3.05, 3.63) is 0 Å². The first-order chi connectivity index (χ1) is 5.93. The first kappa shape index (κ1) is 11.4. The van der Waals surface area contributed by atoms with Crippen molar-refractivity contribution in [1.82, 2.24) is 10.3 Å². The molecule has 0 saturated carbocycles. The fourth-order valence-electron chi connectivity index (χ4n) is 0.577. The van der Waals surface area contributed by atoms with Crippen LogP contribution in [0.1, 0.15) is 13.3 Å². The summed E-state index contributed by atoms with van der Waals surface area (Å²) in [6.07, 6.45) is 0.294. The number of nitrogens with two attached hydrogens (primary N) is 1. The van der Waals surface area contributed by atoms with E-state index in [0.29, 0.717) is 13.0 Å². The number of hydrogen-bond acceptors (Lipinski definition) is 4. The Morgan fingerprint density at radius 3 is 2.38 bits per heavy atom. The number of amides is 3. The lowest BCUT2D eigenvalue weighted by atomic mass is 10.3. The summed E-state index contributed by atoms with van der Waals surface area (Å²) in [5.74, 6) is 4.01. The van der Waals surface area contributed by atoms with E-state index in [9.17, 15) is 9.59 Å². The van der Waals surface area contributed by atoms with E-state index in [4.69, 9.17) is 15.7 Å². The summed E-state index contributed by atoms with van der Waals surface area (Å²) in [5.41, 5.74) is 0. The second-order valence-electron chi connectivity index (χ2n) is 2.32. The van der Waals surface area contributed by atoms with Crippen molar-refractivity contribution >= 4 is 17.9 Å². The normalized spacial score (nSPS) is 15.7. The van der Waals surface area contributed by atoms with E-state index < -0.39 is 12.0 Å². The smallest absolute Gasteiger partial charge is 0.338 e. The number of aliphatic carboxylic acids is 1. The van der Waals surface area contributed by atoms with Crippen LogP contribution in [0, 0.1) is 0 Å². The summed E-state index contributed by atoms with van der Waals surface area (Å²) in [4.78, 5) is 29.9. The van der Waals surface area contributed by atoms with Gasteiger partial charge in [-0.2, -0.15) is 0 Å². The molecule has 1 heterocycles. The van der Waals surface area contributed by atoms with Crippen molar-refractivity contribution in [2.45, 2.75) is 13.3 Å². The van der Waals surface area contributed by atoms with Gasteiger partial charge in [0.2, 0.25) is 5.91 Å². The summed E-state index contributed by atoms with van der Waals surface area (Å²) < 4.78 is 0.